The molecule has 0 aliphatic rings. The smallest absolute Gasteiger partial charge is 0.0829 e. The van der Waals surface area contributed by atoms with Crippen LogP contribution in [0.5, 0.6) is 0 Å². The molecule has 0 heterocycles. The summed E-state index contributed by atoms with van der Waals surface area (Å²) in [7, 11) is 0.796. The first kappa shape index (κ1) is 24.6. The summed E-state index contributed by atoms with van der Waals surface area (Å²) >= 11 is 0. The Balaban J connectivity index is 5.21. The highest BCUT2D eigenvalue weighted by Gasteiger charge is 2.24. The topological polar surface area (TPSA) is 6.48 Å². The molecule has 0 N–H and O–H groups in total. The molecule has 0 aromatic heterocycles. The van der Waals surface area contributed by atoms with Gasteiger partial charge in [0.2, 0.25) is 0 Å². The molecule has 0 spiro atoms. The van der Waals surface area contributed by atoms with Crippen molar-refractivity contribution in [3.63, 3.8) is 0 Å². The van der Waals surface area contributed by atoms with Crippen LogP contribution >= 0.6 is 0 Å². The molecule has 0 amide bonds. The summed E-state index contributed by atoms with van der Waals surface area (Å²) in [5.74, 6) is 0. The van der Waals surface area contributed by atoms with E-state index in [0.29, 0.717) is 6.17 Å². The molecule has 2 nitrogen and oxygen atoms in total. The molecule has 0 unspecified atom stereocenters. The second-order valence-corrected chi connectivity index (χ2v) is 8.48. The average molecular weight is 365 g/mol. The van der Waals surface area contributed by atoms with E-state index in [1.807, 2.05) is 6.08 Å². The number of unbranched alkanes of at least 4 members (excludes halogenated alkanes) is 4. The van der Waals surface area contributed by atoms with Crippen LogP contribution in [0.25, 0.3) is 0 Å². The normalized spacial score (nSPS) is 11.6. The Kier molecular flexibility index (Phi) is 16.8. The van der Waals surface area contributed by atoms with Gasteiger partial charge in [0, 0.05) is 0 Å². The Morgan fingerprint density at radius 3 is 1.44 bits per heavy atom. The van der Waals surface area contributed by atoms with Gasteiger partial charge in [-0.15, -0.1) is 6.58 Å². The maximum absolute atomic E-state index is 4.17. The molecule has 0 saturated carbocycles. The van der Waals surface area contributed by atoms with Crippen molar-refractivity contribution in [2.45, 2.75) is 91.3 Å². The van der Waals surface area contributed by atoms with Crippen LogP contribution in [0.3, 0.4) is 0 Å². The maximum Gasteiger partial charge on any atom is 0.0829 e. The second kappa shape index (κ2) is 17.1. The van der Waals surface area contributed by atoms with Gasteiger partial charge in [-0.05, 0) is 57.9 Å². The first-order valence-corrected chi connectivity index (χ1v) is 11.9. The van der Waals surface area contributed by atoms with Crippen LogP contribution in [0.15, 0.2) is 24.4 Å². The van der Waals surface area contributed by atoms with Gasteiger partial charge in [-0.2, -0.15) is 0 Å². The predicted molar refractivity (Wildman–Crippen MR) is 116 cm³/mol. The van der Waals surface area contributed by atoms with Crippen LogP contribution in [0.1, 0.15) is 79.1 Å². The van der Waals surface area contributed by atoms with E-state index in [1.165, 1.54) is 88.8 Å². The van der Waals surface area contributed by atoms with Crippen LogP contribution in [0.2, 0.25) is 6.04 Å². The van der Waals surface area contributed by atoms with E-state index in [1.54, 1.807) is 0 Å². The third-order valence-electron chi connectivity index (χ3n) is 4.80. The quantitative estimate of drug-likeness (QED) is 0.169. The molecular formula is C22H44N2Si. The zero-order chi connectivity index (χ0) is 18.9. The van der Waals surface area contributed by atoms with Gasteiger partial charge in [0.25, 0.3) is 0 Å². The highest BCUT2D eigenvalue weighted by atomic mass is 28.2. The van der Waals surface area contributed by atoms with E-state index in [4.69, 9.17) is 0 Å². The van der Waals surface area contributed by atoms with Crippen LogP contribution in [0, 0.1) is 0 Å². The zero-order valence-electron chi connectivity index (χ0n) is 17.7. The van der Waals surface area contributed by atoms with Crippen molar-refractivity contribution in [1.82, 2.24) is 9.80 Å². The fraction of sp³-hybridized carbons (Fsp3) is 0.818. The molecule has 0 atom stereocenters. The van der Waals surface area contributed by atoms with Crippen LogP contribution in [-0.4, -0.2) is 51.7 Å². The number of hydrogen-bond acceptors (Lipinski definition) is 2. The molecule has 0 fully saturated rings. The Bertz CT molecular complexity index is 294. The molecule has 0 rings (SSSR count). The van der Waals surface area contributed by atoms with E-state index in [0.717, 1.165) is 9.52 Å². The van der Waals surface area contributed by atoms with Gasteiger partial charge in [-0.3, -0.25) is 9.80 Å². The summed E-state index contributed by atoms with van der Waals surface area (Å²) in [6, 6.07) is 1.21. The van der Waals surface area contributed by atoms with E-state index in [2.05, 4.69) is 50.7 Å². The maximum atomic E-state index is 4.17. The summed E-state index contributed by atoms with van der Waals surface area (Å²) in [6.45, 7) is 22.2. The number of hydrogen-bond donors (Lipinski definition) is 0. The minimum absolute atomic E-state index is 0.575. The third kappa shape index (κ3) is 11.8. The highest BCUT2D eigenvalue weighted by molar-refractivity contribution is 6.46. The monoisotopic (exact) mass is 364 g/mol. The molecule has 0 aromatic rings. The van der Waals surface area contributed by atoms with E-state index >= 15 is 0 Å². The first-order chi connectivity index (χ1) is 12.1. The van der Waals surface area contributed by atoms with Gasteiger partial charge < -0.3 is 0 Å². The summed E-state index contributed by atoms with van der Waals surface area (Å²) in [5, 5.41) is 1.21. The standard InChI is InChI=1S/C22H44N2Si/c1-7-12-16-23(17-13-8-2)22(20-25-21(6)11-5)24(18-14-9-3)19-15-10-4/h11,22H,5-10,12-20H2,1-4H3. The molecule has 0 saturated heterocycles. The molecule has 0 bridgehead atoms. The van der Waals surface area contributed by atoms with E-state index in [-0.39, 0.29) is 0 Å². The van der Waals surface area contributed by atoms with Crippen molar-refractivity contribution >= 4 is 9.52 Å². The van der Waals surface area contributed by atoms with Gasteiger partial charge >= 0.3 is 0 Å². The molecule has 0 aliphatic heterocycles. The van der Waals surface area contributed by atoms with Crippen LogP contribution < -0.4 is 0 Å². The zero-order valence-corrected chi connectivity index (χ0v) is 18.7. The van der Waals surface area contributed by atoms with Gasteiger partial charge in [0.05, 0.1) is 15.7 Å². The van der Waals surface area contributed by atoms with Crippen molar-refractivity contribution in [3.05, 3.63) is 24.4 Å². The Hall–Kier alpha value is -0.383. The molecule has 25 heavy (non-hydrogen) atoms. The van der Waals surface area contributed by atoms with Crippen molar-refractivity contribution in [3.8, 4) is 0 Å². The summed E-state index contributed by atoms with van der Waals surface area (Å²) in [4.78, 5) is 5.56. The number of rotatable bonds is 18. The second-order valence-electron chi connectivity index (χ2n) is 7.08. The molecule has 0 aliphatic carbocycles. The summed E-state index contributed by atoms with van der Waals surface area (Å²) < 4.78 is 0. The van der Waals surface area contributed by atoms with E-state index < -0.39 is 0 Å². The summed E-state index contributed by atoms with van der Waals surface area (Å²) in [6.07, 6.45) is 12.9. The SMILES string of the molecule is C=CC(=C)[Si]CC(N(CCCC)CCCC)N(CCCC)CCCC. The fourth-order valence-electron chi connectivity index (χ4n) is 3.05. The van der Waals surface area contributed by atoms with Crippen molar-refractivity contribution in [2.75, 3.05) is 26.2 Å². The third-order valence-corrected chi connectivity index (χ3v) is 6.02. The molecule has 146 valence electrons. The lowest BCUT2D eigenvalue weighted by Gasteiger charge is -2.40. The van der Waals surface area contributed by atoms with Crippen LogP contribution in [-0.2, 0) is 0 Å². The predicted octanol–water partition coefficient (Wildman–Crippen LogP) is 5.94. The first-order valence-electron chi connectivity index (χ1n) is 10.7. The summed E-state index contributed by atoms with van der Waals surface area (Å²) in [5.41, 5.74) is 0. The van der Waals surface area contributed by atoms with Gasteiger partial charge in [0.1, 0.15) is 0 Å². The Morgan fingerprint density at radius 1 is 0.800 bits per heavy atom. The largest absolute Gasteiger partial charge is 0.288 e. The Morgan fingerprint density at radius 2 is 1.16 bits per heavy atom. The van der Waals surface area contributed by atoms with Crippen molar-refractivity contribution in [2.24, 2.45) is 0 Å². The van der Waals surface area contributed by atoms with Gasteiger partial charge in [-0.25, -0.2) is 0 Å². The van der Waals surface area contributed by atoms with Crippen LogP contribution in [0.4, 0.5) is 0 Å². The molecule has 2 radical (unpaired) electrons. The number of allylic oxidation sites excluding steroid dienone is 2. The van der Waals surface area contributed by atoms with Crippen molar-refractivity contribution < 1.29 is 0 Å². The van der Waals surface area contributed by atoms with E-state index in [9.17, 15) is 0 Å². The lowest BCUT2D eigenvalue weighted by atomic mass is 10.2. The molecular weight excluding hydrogens is 320 g/mol. The lowest BCUT2D eigenvalue weighted by molar-refractivity contribution is 0.0502. The fourth-order valence-corrected chi connectivity index (χ4v) is 4.15. The molecule has 3 heteroatoms. The van der Waals surface area contributed by atoms with Crippen molar-refractivity contribution in [1.29, 1.82) is 0 Å². The lowest BCUT2D eigenvalue weighted by Crippen LogP contribution is -2.50. The minimum atomic E-state index is 0.575. The molecule has 0 aromatic carbocycles. The Labute approximate surface area is 161 Å². The minimum Gasteiger partial charge on any atom is -0.288 e. The highest BCUT2D eigenvalue weighted by Crippen LogP contribution is 2.17. The number of nitrogens with zero attached hydrogens (tertiary/aromatic N) is 2. The van der Waals surface area contributed by atoms with Gasteiger partial charge in [-0.1, -0.05) is 71.2 Å². The average Bonchev–Trinajstić information content (AvgIpc) is 2.63. The van der Waals surface area contributed by atoms with Gasteiger partial charge in [0.15, 0.2) is 0 Å².